The van der Waals surface area contributed by atoms with Crippen LogP contribution in [0.4, 0.5) is 4.39 Å². The molecule has 0 aliphatic heterocycles. The Labute approximate surface area is 259 Å². The second-order valence-electron chi connectivity index (χ2n) is 10.1. The molecule has 0 amide bonds. The predicted octanol–water partition coefficient (Wildman–Crippen LogP) is 5.36. The van der Waals surface area contributed by atoms with Gasteiger partial charge in [0.05, 0.1) is 47.1 Å². The van der Waals surface area contributed by atoms with Gasteiger partial charge < -0.3 is 24.3 Å². The average Bonchev–Trinajstić information content (AvgIpc) is 3.39. The lowest BCUT2D eigenvalue weighted by Crippen LogP contribution is -2.10. The van der Waals surface area contributed by atoms with Gasteiger partial charge in [-0.2, -0.15) is 5.26 Å². The summed E-state index contributed by atoms with van der Waals surface area (Å²) >= 11 is 0. The second kappa shape index (κ2) is 14.3. The number of carboxylic acid groups (broad SMARTS) is 1. The van der Waals surface area contributed by atoms with Crippen LogP contribution in [0, 0.1) is 29.0 Å². The molecule has 0 radical (unpaired) electrons. The molecule has 5 aromatic rings. The molecule has 3 aromatic carbocycles. The number of nitrogens with zero attached hydrogens (tertiary/aromatic N) is 4. The van der Waals surface area contributed by atoms with Crippen molar-refractivity contribution in [2.24, 2.45) is 0 Å². The van der Waals surface area contributed by atoms with Crippen molar-refractivity contribution in [1.82, 2.24) is 14.5 Å². The maximum atomic E-state index is 14.3. The first-order valence-corrected chi connectivity index (χ1v) is 14.1. The van der Waals surface area contributed by atoms with Crippen LogP contribution in [0.1, 0.15) is 44.9 Å². The van der Waals surface area contributed by atoms with E-state index in [1.165, 1.54) is 24.3 Å². The largest absolute Gasteiger partial charge is 0.478 e. The summed E-state index contributed by atoms with van der Waals surface area (Å²) < 4.78 is 27.4. The van der Waals surface area contributed by atoms with E-state index in [1.54, 1.807) is 31.4 Å². The molecule has 0 saturated carbocycles. The lowest BCUT2D eigenvalue weighted by molar-refractivity contribution is 0.0697. The lowest BCUT2D eigenvalue weighted by Gasteiger charge is -2.12. The number of carbonyl (C=O) groups is 1. The SMILES string of the molecule is COCCn1c(Cc2ccc(-c3cccc(OCc4ccc(C#N)cc4F)n3)cc2C#CCCO)nc2ccc(C(=O)O)cc21. The zero-order valence-electron chi connectivity index (χ0n) is 24.5. The third-order valence-corrected chi connectivity index (χ3v) is 7.09. The Morgan fingerprint density at radius 3 is 2.64 bits per heavy atom. The number of pyridine rings is 1. The molecule has 2 aromatic heterocycles. The van der Waals surface area contributed by atoms with Crippen molar-refractivity contribution in [3.05, 3.63) is 112 Å². The Morgan fingerprint density at radius 2 is 1.89 bits per heavy atom. The first-order chi connectivity index (χ1) is 21.9. The number of hydrogen-bond donors (Lipinski definition) is 2. The summed E-state index contributed by atoms with van der Waals surface area (Å²) in [6.07, 6.45) is 0.721. The topological polar surface area (TPSA) is 130 Å². The number of aromatic carboxylic acids is 1. The van der Waals surface area contributed by atoms with Crippen molar-refractivity contribution >= 4 is 17.0 Å². The molecule has 10 heteroatoms. The fraction of sp³-hybridized carbons (Fsp3) is 0.200. The predicted molar refractivity (Wildman–Crippen MR) is 165 cm³/mol. The number of aliphatic hydroxyl groups is 1. The molecule has 5 rings (SSSR count). The summed E-state index contributed by atoms with van der Waals surface area (Å²) in [4.78, 5) is 21.0. The summed E-state index contributed by atoms with van der Waals surface area (Å²) in [7, 11) is 1.61. The molecule has 0 saturated heterocycles. The highest BCUT2D eigenvalue weighted by Crippen LogP contribution is 2.26. The Kier molecular flexibility index (Phi) is 9.80. The number of halogens is 1. The molecule has 2 N–H and O–H groups in total. The van der Waals surface area contributed by atoms with E-state index in [0.29, 0.717) is 54.2 Å². The number of aromatic nitrogens is 3. The fourth-order valence-electron chi connectivity index (χ4n) is 4.80. The number of rotatable bonds is 11. The number of imidazole rings is 1. The molecular formula is C35H29FN4O5. The number of benzene rings is 3. The molecule has 0 fully saturated rings. The van der Waals surface area contributed by atoms with Gasteiger partial charge in [0.2, 0.25) is 5.88 Å². The quantitative estimate of drug-likeness (QED) is 0.193. The number of fused-ring (bicyclic) bond motifs is 1. The summed E-state index contributed by atoms with van der Waals surface area (Å²) in [5, 5.41) is 27.8. The summed E-state index contributed by atoms with van der Waals surface area (Å²) in [5.74, 6) is 5.67. The monoisotopic (exact) mass is 604 g/mol. The van der Waals surface area contributed by atoms with Gasteiger partial charge >= 0.3 is 5.97 Å². The highest BCUT2D eigenvalue weighted by Gasteiger charge is 2.16. The van der Waals surface area contributed by atoms with E-state index in [4.69, 9.17) is 19.7 Å². The molecular weight excluding hydrogens is 575 g/mol. The summed E-state index contributed by atoms with van der Waals surface area (Å²) in [6.45, 7) is 0.780. The van der Waals surface area contributed by atoms with Gasteiger partial charge in [0.15, 0.2) is 0 Å². The van der Waals surface area contributed by atoms with Crippen LogP contribution >= 0.6 is 0 Å². The molecule has 2 heterocycles. The number of hydrogen-bond acceptors (Lipinski definition) is 7. The maximum Gasteiger partial charge on any atom is 0.335 e. The van der Waals surface area contributed by atoms with Gasteiger partial charge in [-0.15, -0.1) is 0 Å². The Morgan fingerprint density at radius 1 is 1.04 bits per heavy atom. The van der Waals surface area contributed by atoms with Crippen LogP contribution in [-0.4, -0.2) is 51.0 Å². The van der Waals surface area contributed by atoms with Crippen molar-refractivity contribution in [3.8, 4) is 35.0 Å². The van der Waals surface area contributed by atoms with Gasteiger partial charge in [0.1, 0.15) is 18.2 Å². The van der Waals surface area contributed by atoms with Gasteiger partial charge in [-0.05, 0) is 48.0 Å². The molecule has 0 spiro atoms. The smallest absolute Gasteiger partial charge is 0.335 e. The van der Waals surface area contributed by atoms with E-state index in [-0.39, 0.29) is 24.3 Å². The number of ether oxygens (including phenoxy) is 2. The Bertz CT molecular complexity index is 1970. The zero-order chi connectivity index (χ0) is 31.8. The van der Waals surface area contributed by atoms with Crippen LogP contribution in [0.15, 0.2) is 72.8 Å². The third-order valence-electron chi connectivity index (χ3n) is 7.09. The van der Waals surface area contributed by atoms with Gasteiger partial charge in [-0.1, -0.05) is 36.1 Å². The number of nitriles is 1. The molecule has 0 aliphatic rings. The summed E-state index contributed by atoms with van der Waals surface area (Å²) in [5.41, 5.74) is 5.11. The molecule has 45 heavy (non-hydrogen) atoms. The van der Waals surface area contributed by atoms with E-state index in [2.05, 4.69) is 16.8 Å². The van der Waals surface area contributed by atoms with E-state index < -0.39 is 11.8 Å². The summed E-state index contributed by atoms with van der Waals surface area (Å²) in [6, 6.07) is 22.1. The zero-order valence-corrected chi connectivity index (χ0v) is 24.5. The number of aliphatic hydroxyl groups excluding tert-OH is 1. The molecule has 0 aliphatic carbocycles. The number of methoxy groups -OCH3 is 1. The maximum absolute atomic E-state index is 14.3. The second-order valence-corrected chi connectivity index (χ2v) is 10.1. The Hall–Kier alpha value is -5.55. The van der Waals surface area contributed by atoms with Gasteiger partial charge in [-0.25, -0.2) is 19.2 Å². The first-order valence-electron chi connectivity index (χ1n) is 14.1. The van der Waals surface area contributed by atoms with Crippen LogP contribution in [-0.2, 0) is 24.3 Å². The molecule has 9 nitrogen and oxygen atoms in total. The van der Waals surface area contributed by atoms with E-state index in [1.807, 2.05) is 34.9 Å². The molecule has 0 atom stereocenters. The van der Waals surface area contributed by atoms with Crippen molar-refractivity contribution in [2.45, 2.75) is 26.0 Å². The number of carboxylic acids is 1. The minimum atomic E-state index is -1.01. The molecule has 226 valence electrons. The fourth-order valence-corrected chi connectivity index (χ4v) is 4.80. The van der Waals surface area contributed by atoms with E-state index in [0.717, 1.165) is 22.5 Å². The van der Waals surface area contributed by atoms with Crippen LogP contribution in [0.5, 0.6) is 5.88 Å². The van der Waals surface area contributed by atoms with Crippen molar-refractivity contribution in [1.29, 1.82) is 5.26 Å². The van der Waals surface area contributed by atoms with Crippen molar-refractivity contribution in [3.63, 3.8) is 0 Å². The highest BCUT2D eigenvalue weighted by molar-refractivity contribution is 5.92. The average molecular weight is 605 g/mol. The molecule has 0 unspecified atom stereocenters. The van der Waals surface area contributed by atoms with Crippen molar-refractivity contribution < 1.29 is 28.9 Å². The van der Waals surface area contributed by atoms with Crippen LogP contribution < -0.4 is 4.74 Å². The van der Waals surface area contributed by atoms with Gasteiger partial charge in [-0.3, -0.25) is 0 Å². The Balaban J connectivity index is 1.45. The third kappa shape index (κ3) is 7.34. The molecule has 0 bridgehead atoms. The minimum Gasteiger partial charge on any atom is -0.478 e. The van der Waals surface area contributed by atoms with Crippen LogP contribution in [0.2, 0.25) is 0 Å². The van der Waals surface area contributed by atoms with E-state index >= 15 is 0 Å². The minimum absolute atomic E-state index is 0.0527. The first kappa shape index (κ1) is 30.9. The van der Waals surface area contributed by atoms with Gasteiger partial charge in [0.25, 0.3) is 0 Å². The lowest BCUT2D eigenvalue weighted by atomic mass is 9.99. The highest BCUT2D eigenvalue weighted by atomic mass is 19.1. The van der Waals surface area contributed by atoms with Crippen LogP contribution in [0.25, 0.3) is 22.3 Å². The standard InChI is InChI=1S/C35H29FN4O5/c1-44-16-14-40-32-19-27(35(42)43)12-13-31(32)38-33(40)20-25-10-11-26(18-24(25)5-2-3-15-41)30-6-4-7-34(39-30)45-22-28-9-8-23(21-37)17-29(28)36/h4,6-13,17-19,41H,3,14-16,20,22H2,1H3,(H,42,43). The van der Waals surface area contributed by atoms with E-state index in [9.17, 15) is 19.4 Å². The van der Waals surface area contributed by atoms with Gasteiger partial charge in [0, 0.05) is 49.3 Å². The van der Waals surface area contributed by atoms with Crippen LogP contribution in [0.3, 0.4) is 0 Å². The van der Waals surface area contributed by atoms with Crippen molar-refractivity contribution in [2.75, 3.05) is 20.3 Å². The normalized spacial score (nSPS) is 10.7.